The van der Waals surface area contributed by atoms with Crippen molar-refractivity contribution >= 4 is 29.5 Å². The lowest BCUT2D eigenvalue weighted by Gasteiger charge is -2.31. The van der Waals surface area contributed by atoms with Gasteiger partial charge in [-0.1, -0.05) is 30.3 Å². The number of aliphatic imine (C=N–C) groups is 1. The molecule has 1 aromatic carbocycles. The number of fused-ring (bicyclic) bond motifs is 1. The van der Waals surface area contributed by atoms with E-state index in [1.165, 1.54) is 17.5 Å². The van der Waals surface area contributed by atoms with Gasteiger partial charge in [-0.2, -0.15) is 0 Å². The second-order valence-corrected chi connectivity index (χ2v) is 8.53. The van der Waals surface area contributed by atoms with Gasteiger partial charge >= 0.3 is 11.9 Å². The maximum atomic E-state index is 12.8. The predicted octanol–water partition coefficient (Wildman–Crippen LogP) is 0.142. The zero-order valence-corrected chi connectivity index (χ0v) is 18.0. The summed E-state index contributed by atoms with van der Waals surface area (Å²) in [5.74, 6) is 0.693. The molecule has 3 heterocycles. The van der Waals surface area contributed by atoms with Crippen LogP contribution in [0.3, 0.4) is 0 Å². The van der Waals surface area contributed by atoms with E-state index >= 15 is 0 Å². The van der Waals surface area contributed by atoms with Crippen LogP contribution in [0.4, 0.5) is 4.79 Å². The lowest BCUT2D eigenvalue weighted by atomic mass is 9.90. The van der Waals surface area contributed by atoms with Crippen LogP contribution in [0.25, 0.3) is 0 Å². The van der Waals surface area contributed by atoms with Crippen LogP contribution in [0.2, 0.25) is 0 Å². The Morgan fingerprint density at radius 2 is 1.81 bits per heavy atom. The molecule has 4 rings (SSSR count). The first-order valence-electron chi connectivity index (χ1n) is 10.7. The van der Waals surface area contributed by atoms with Crippen molar-refractivity contribution in [2.24, 2.45) is 16.6 Å². The van der Waals surface area contributed by atoms with Crippen molar-refractivity contribution in [3.05, 3.63) is 35.9 Å². The number of carbonyl (C=O) groups is 3. The van der Waals surface area contributed by atoms with Crippen molar-refractivity contribution in [1.82, 2.24) is 14.7 Å². The first kappa shape index (κ1) is 21.2. The number of hydrogen-bond acceptors (Lipinski definition) is 5. The van der Waals surface area contributed by atoms with Crippen molar-refractivity contribution in [2.75, 3.05) is 40.3 Å². The van der Waals surface area contributed by atoms with E-state index in [-0.39, 0.29) is 12.5 Å². The maximum absolute atomic E-state index is 12.8. The van der Waals surface area contributed by atoms with Crippen LogP contribution in [0.5, 0.6) is 0 Å². The van der Waals surface area contributed by atoms with Gasteiger partial charge in [0, 0.05) is 14.1 Å². The van der Waals surface area contributed by atoms with Gasteiger partial charge in [0.15, 0.2) is 6.54 Å². The Labute approximate surface area is 181 Å². The Morgan fingerprint density at radius 1 is 1.13 bits per heavy atom. The van der Waals surface area contributed by atoms with E-state index in [0.717, 1.165) is 37.3 Å². The molecule has 3 aliphatic heterocycles. The topological polar surface area (TPSA) is 102 Å². The Balaban J connectivity index is 1.47. The van der Waals surface area contributed by atoms with E-state index in [9.17, 15) is 14.4 Å². The minimum absolute atomic E-state index is 0.112. The molecule has 0 aromatic heterocycles. The van der Waals surface area contributed by atoms with Gasteiger partial charge in [0.25, 0.3) is 23.7 Å². The van der Waals surface area contributed by atoms with E-state index < -0.39 is 18.0 Å². The zero-order chi connectivity index (χ0) is 22.1. The van der Waals surface area contributed by atoms with Crippen LogP contribution in [0.1, 0.15) is 18.4 Å². The van der Waals surface area contributed by atoms with E-state index in [2.05, 4.69) is 34.2 Å². The number of nitrogens with zero attached hydrogens (tertiary/aromatic N) is 5. The smallest absolute Gasteiger partial charge is 0.333 e. The molecule has 0 radical (unpaired) electrons. The van der Waals surface area contributed by atoms with Gasteiger partial charge < -0.3 is 5.73 Å². The summed E-state index contributed by atoms with van der Waals surface area (Å²) in [6, 6.07) is 9.32. The van der Waals surface area contributed by atoms with Crippen LogP contribution in [-0.4, -0.2) is 95.1 Å². The average molecular weight is 426 g/mol. The molecule has 0 saturated carbocycles. The monoisotopic (exact) mass is 425 g/mol. The Kier molecular flexibility index (Phi) is 5.86. The van der Waals surface area contributed by atoms with E-state index in [1.807, 2.05) is 6.07 Å². The third kappa shape index (κ3) is 4.23. The molecule has 3 aliphatic rings. The molecule has 9 heteroatoms. The molecule has 0 bridgehead atoms. The first-order valence-corrected chi connectivity index (χ1v) is 10.7. The SMILES string of the molecule is CN1C(=O)C2C(=NC(CN3CCC(Cc4ccccc4)CC3)=[N+]2CC(N)=O)N(C)C1=O. The number of amides is 4. The van der Waals surface area contributed by atoms with Crippen LogP contribution < -0.4 is 5.73 Å². The third-order valence-corrected chi connectivity index (χ3v) is 6.38. The number of rotatable bonds is 6. The fourth-order valence-electron chi connectivity index (χ4n) is 4.62. The third-order valence-electron chi connectivity index (χ3n) is 6.38. The Morgan fingerprint density at radius 3 is 2.45 bits per heavy atom. The second-order valence-electron chi connectivity index (χ2n) is 8.53. The van der Waals surface area contributed by atoms with E-state index in [0.29, 0.717) is 24.1 Å². The van der Waals surface area contributed by atoms with Gasteiger partial charge in [0.05, 0.1) is 0 Å². The minimum Gasteiger partial charge on any atom is -0.366 e. The molecule has 2 N–H and O–H groups in total. The molecule has 1 atom stereocenters. The fraction of sp³-hybridized carbons (Fsp3) is 0.500. The summed E-state index contributed by atoms with van der Waals surface area (Å²) in [5, 5.41) is 0. The molecule has 1 unspecified atom stereocenters. The number of amidine groups is 2. The van der Waals surface area contributed by atoms with Crippen molar-refractivity contribution < 1.29 is 19.0 Å². The number of likely N-dealkylation sites (N-methyl/N-ethyl adjacent to an activating group) is 2. The molecule has 31 heavy (non-hydrogen) atoms. The summed E-state index contributed by atoms with van der Waals surface area (Å²) < 4.78 is 1.65. The summed E-state index contributed by atoms with van der Waals surface area (Å²) in [7, 11) is 3.04. The molecule has 1 aromatic rings. The van der Waals surface area contributed by atoms with Crippen molar-refractivity contribution in [2.45, 2.75) is 25.3 Å². The number of primary amides is 1. The van der Waals surface area contributed by atoms with Gasteiger partial charge in [-0.15, -0.1) is 0 Å². The number of piperidine rings is 1. The first-order chi connectivity index (χ1) is 14.8. The second kappa shape index (κ2) is 8.58. The van der Waals surface area contributed by atoms with Gasteiger partial charge in [0.2, 0.25) is 0 Å². The molecule has 4 amide bonds. The lowest BCUT2D eigenvalue weighted by Crippen LogP contribution is -2.62. The standard InChI is InChI=1S/C22H28N6O3/c1-25-20-19(21(30)26(2)22(25)31)28(13-17(23)29)18(24-20)14-27-10-8-16(9-11-27)12-15-6-4-3-5-7-15/h3-7,16,19H,8-14H2,1-2H3,(H-,23,29)/p+1. The molecule has 2 saturated heterocycles. The number of nitrogens with two attached hydrogens (primary N) is 1. The van der Waals surface area contributed by atoms with Crippen LogP contribution in [0, 0.1) is 5.92 Å². The average Bonchev–Trinajstić information content (AvgIpc) is 3.10. The van der Waals surface area contributed by atoms with Gasteiger partial charge in [-0.05, 0) is 48.8 Å². The summed E-state index contributed by atoms with van der Waals surface area (Å²) in [4.78, 5) is 46.2. The van der Waals surface area contributed by atoms with Crippen LogP contribution in [-0.2, 0) is 16.0 Å². The highest BCUT2D eigenvalue weighted by Crippen LogP contribution is 2.23. The van der Waals surface area contributed by atoms with Gasteiger partial charge in [0.1, 0.15) is 6.54 Å². The lowest BCUT2D eigenvalue weighted by molar-refractivity contribution is -0.525. The Hall–Kier alpha value is -3.07. The number of likely N-dealkylation sites (tertiary alicyclic amines) is 1. The fourth-order valence-corrected chi connectivity index (χ4v) is 4.62. The largest absolute Gasteiger partial charge is 0.366 e. The number of imide groups is 1. The van der Waals surface area contributed by atoms with Crippen molar-refractivity contribution in [3.63, 3.8) is 0 Å². The highest BCUT2D eigenvalue weighted by Gasteiger charge is 2.53. The molecule has 0 aliphatic carbocycles. The van der Waals surface area contributed by atoms with E-state index in [1.54, 1.807) is 11.6 Å². The number of carbonyl (C=O) groups excluding carboxylic acids is 3. The summed E-state index contributed by atoms with van der Waals surface area (Å²) >= 11 is 0. The Bertz CT molecular complexity index is 949. The van der Waals surface area contributed by atoms with Crippen LogP contribution >= 0.6 is 0 Å². The predicted molar refractivity (Wildman–Crippen MR) is 116 cm³/mol. The van der Waals surface area contributed by atoms with Crippen molar-refractivity contribution in [3.8, 4) is 0 Å². The minimum atomic E-state index is -0.786. The molecule has 9 nitrogen and oxygen atoms in total. The normalized spacial score (nSPS) is 22.8. The molecular formula is C22H29N6O3+. The highest BCUT2D eigenvalue weighted by molar-refractivity contribution is 6.23. The quantitative estimate of drug-likeness (QED) is 0.655. The molecule has 0 spiro atoms. The van der Waals surface area contributed by atoms with E-state index in [4.69, 9.17) is 5.73 Å². The van der Waals surface area contributed by atoms with Crippen LogP contribution in [0.15, 0.2) is 35.3 Å². The zero-order valence-electron chi connectivity index (χ0n) is 18.0. The summed E-state index contributed by atoms with van der Waals surface area (Å²) in [5.41, 5.74) is 6.82. The molecule has 2 fully saturated rings. The molecular weight excluding hydrogens is 396 g/mol. The summed E-state index contributed by atoms with van der Waals surface area (Å²) in [6.45, 7) is 2.25. The van der Waals surface area contributed by atoms with Crippen molar-refractivity contribution in [1.29, 1.82) is 0 Å². The number of urea groups is 1. The van der Waals surface area contributed by atoms with Gasteiger partial charge in [-0.25, -0.2) is 9.37 Å². The summed E-state index contributed by atoms with van der Waals surface area (Å²) in [6.07, 6.45) is 3.24. The van der Waals surface area contributed by atoms with Gasteiger partial charge in [-0.3, -0.25) is 24.3 Å². The molecule has 164 valence electrons. The highest BCUT2D eigenvalue weighted by atomic mass is 16.2. The number of benzene rings is 1. The maximum Gasteiger partial charge on any atom is 0.333 e. The number of hydrogen-bond donors (Lipinski definition) is 1.